The van der Waals surface area contributed by atoms with Gasteiger partial charge in [0.1, 0.15) is 5.75 Å². The molecule has 2 aromatic carbocycles. The maximum atomic E-state index is 5.50. The van der Waals surface area contributed by atoms with Crippen molar-refractivity contribution in [1.29, 1.82) is 0 Å². The third-order valence-corrected chi connectivity index (χ3v) is 3.73. The van der Waals surface area contributed by atoms with E-state index >= 15 is 0 Å². The zero-order chi connectivity index (χ0) is 13.7. The summed E-state index contributed by atoms with van der Waals surface area (Å²) < 4.78 is 6.62. The quantitative estimate of drug-likeness (QED) is 0.857. The maximum absolute atomic E-state index is 5.50. The minimum Gasteiger partial charge on any atom is -0.494 e. The first-order valence-electron chi connectivity index (χ1n) is 6.41. The molecule has 0 atom stereocenters. The first-order valence-corrected chi connectivity index (χ1v) is 7.20. The van der Waals surface area contributed by atoms with Crippen molar-refractivity contribution >= 4 is 21.6 Å². The summed E-state index contributed by atoms with van der Waals surface area (Å²) in [6.45, 7) is 5.56. The molecular weight excluding hydrogens is 302 g/mol. The minimum atomic E-state index is 0.696. The molecule has 0 fully saturated rings. The number of ether oxygens (including phenoxy) is 1. The average molecular weight is 320 g/mol. The number of hydrogen-bond acceptors (Lipinski definition) is 2. The lowest BCUT2D eigenvalue weighted by Crippen LogP contribution is -2.00. The van der Waals surface area contributed by atoms with Crippen LogP contribution in [0.5, 0.6) is 5.75 Å². The fourth-order valence-electron chi connectivity index (χ4n) is 1.82. The molecule has 0 bridgehead atoms. The Kier molecular flexibility index (Phi) is 4.86. The normalized spacial score (nSPS) is 10.3. The summed E-state index contributed by atoms with van der Waals surface area (Å²) in [7, 11) is 0. The van der Waals surface area contributed by atoms with E-state index in [0.717, 1.165) is 22.5 Å². The van der Waals surface area contributed by atoms with Gasteiger partial charge in [0.2, 0.25) is 0 Å². The van der Waals surface area contributed by atoms with Gasteiger partial charge in [-0.15, -0.1) is 0 Å². The van der Waals surface area contributed by atoms with E-state index in [-0.39, 0.29) is 0 Å². The van der Waals surface area contributed by atoms with Crippen molar-refractivity contribution in [3.05, 3.63) is 58.1 Å². The Morgan fingerprint density at radius 3 is 2.74 bits per heavy atom. The van der Waals surface area contributed by atoms with Crippen LogP contribution in [0.15, 0.2) is 46.9 Å². The number of benzene rings is 2. The molecule has 0 aliphatic carbocycles. The van der Waals surface area contributed by atoms with Gasteiger partial charge in [-0.3, -0.25) is 0 Å². The lowest BCUT2D eigenvalue weighted by atomic mass is 10.2. The van der Waals surface area contributed by atoms with Gasteiger partial charge in [-0.25, -0.2) is 0 Å². The van der Waals surface area contributed by atoms with Crippen LogP contribution in [0.2, 0.25) is 0 Å². The van der Waals surface area contributed by atoms with Gasteiger partial charge in [0.25, 0.3) is 0 Å². The highest BCUT2D eigenvalue weighted by molar-refractivity contribution is 9.10. The zero-order valence-corrected chi connectivity index (χ0v) is 12.8. The van der Waals surface area contributed by atoms with Gasteiger partial charge in [-0.1, -0.05) is 34.1 Å². The zero-order valence-electron chi connectivity index (χ0n) is 11.2. The second kappa shape index (κ2) is 6.62. The molecule has 0 unspecified atom stereocenters. The highest BCUT2D eigenvalue weighted by Crippen LogP contribution is 2.21. The highest BCUT2D eigenvalue weighted by atomic mass is 79.9. The van der Waals surface area contributed by atoms with Crippen molar-refractivity contribution in [1.82, 2.24) is 0 Å². The van der Waals surface area contributed by atoms with Gasteiger partial charge < -0.3 is 10.1 Å². The van der Waals surface area contributed by atoms with Crippen LogP contribution in [0, 0.1) is 6.92 Å². The Morgan fingerprint density at radius 1 is 1.16 bits per heavy atom. The Hall–Kier alpha value is -1.48. The van der Waals surface area contributed by atoms with E-state index < -0.39 is 0 Å². The molecule has 0 aromatic heterocycles. The Morgan fingerprint density at radius 2 is 2.00 bits per heavy atom. The van der Waals surface area contributed by atoms with E-state index in [4.69, 9.17) is 4.74 Å². The van der Waals surface area contributed by atoms with Crippen LogP contribution in [-0.2, 0) is 6.54 Å². The van der Waals surface area contributed by atoms with Crippen LogP contribution < -0.4 is 10.1 Å². The molecule has 0 heterocycles. The average Bonchev–Trinajstić information content (AvgIpc) is 2.41. The number of halogens is 1. The van der Waals surface area contributed by atoms with E-state index in [2.05, 4.69) is 58.5 Å². The molecule has 100 valence electrons. The molecule has 2 rings (SSSR count). The summed E-state index contributed by atoms with van der Waals surface area (Å²) in [5.74, 6) is 0.923. The summed E-state index contributed by atoms with van der Waals surface area (Å²) in [5.41, 5.74) is 3.56. The monoisotopic (exact) mass is 319 g/mol. The fourth-order valence-corrected chi connectivity index (χ4v) is 2.20. The molecule has 1 N–H and O–H groups in total. The van der Waals surface area contributed by atoms with Crippen LogP contribution in [0.4, 0.5) is 5.69 Å². The predicted molar refractivity (Wildman–Crippen MR) is 83.8 cm³/mol. The summed E-state index contributed by atoms with van der Waals surface area (Å²) in [5, 5.41) is 3.41. The molecule has 3 heteroatoms. The predicted octanol–water partition coefficient (Wildman–Crippen LogP) is 4.77. The van der Waals surface area contributed by atoms with E-state index in [0.29, 0.717) is 6.61 Å². The van der Waals surface area contributed by atoms with Gasteiger partial charge in [0.05, 0.1) is 6.61 Å². The molecule has 2 nitrogen and oxygen atoms in total. The highest BCUT2D eigenvalue weighted by Gasteiger charge is 1.99. The van der Waals surface area contributed by atoms with Crippen molar-refractivity contribution in [3.8, 4) is 5.75 Å². The van der Waals surface area contributed by atoms with Crippen LogP contribution in [0.3, 0.4) is 0 Å². The van der Waals surface area contributed by atoms with Gasteiger partial charge in [-0.2, -0.15) is 0 Å². The SMILES string of the molecule is CCOc1cccc(CNc2ccc(C)c(Br)c2)c1. The van der Waals surface area contributed by atoms with Gasteiger partial charge in [-0.05, 0) is 49.2 Å². The molecule has 0 amide bonds. The summed E-state index contributed by atoms with van der Waals surface area (Å²) in [6, 6.07) is 14.5. The Bertz CT molecular complexity index is 554. The first kappa shape index (κ1) is 13.9. The number of nitrogens with one attached hydrogen (secondary N) is 1. The van der Waals surface area contributed by atoms with E-state index in [1.807, 2.05) is 19.1 Å². The number of anilines is 1. The molecule has 2 aromatic rings. The minimum absolute atomic E-state index is 0.696. The first-order chi connectivity index (χ1) is 9.19. The molecule has 0 aliphatic rings. The van der Waals surface area contributed by atoms with Crippen LogP contribution in [0.1, 0.15) is 18.1 Å². The third kappa shape index (κ3) is 4.00. The lowest BCUT2D eigenvalue weighted by Gasteiger charge is -2.09. The van der Waals surface area contributed by atoms with E-state index in [1.54, 1.807) is 0 Å². The van der Waals surface area contributed by atoms with Gasteiger partial charge in [0, 0.05) is 16.7 Å². The van der Waals surface area contributed by atoms with Crippen molar-refractivity contribution in [2.45, 2.75) is 20.4 Å². The molecule has 19 heavy (non-hydrogen) atoms. The molecule has 0 saturated carbocycles. The van der Waals surface area contributed by atoms with E-state index in [9.17, 15) is 0 Å². The standard InChI is InChI=1S/C16H18BrNO/c1-3-19-15-6-4-5-13(9-15)11-18-14-8-7-12(2)16(17)10-14/h4-10,18H,3,11H2,1-2H3. The van der Waals surface area contributed by atoms with Gasteiger partial charge in [0.15, 0.2) is 0 Å². The van der Waals surface area contributed by atoms with Crippen molar-refractivity contribution in [2.24, 2.45) is 0 Å². The maximum Gasteiger partial charge on any atom is 0.119 e. The van der Waals surface area contributed by atoms with Crippen LogP contribution >= 0.6 is 15.9 Å². The van der Waals surface area contributed by atoms with Crippen molar-refractivity contribution in [2.75, 3.05) is 11.9 Å². The molecule has 0 radical (unpaired) electrons. The third-order valence-electron chi connectivity index (χ3n) is 2.88. The van der Waals surface area contributed by atoms with Crippen molar-refractivity contribution in [3.63, 3.8) is 0 Å². The number of rotatable bonds is 5. The second-order valence-electron chi connectivity index (χ2n) is 4.40. The van der Waals surface area contributed by atoms with Crippen molar-refractivity contribution < 1.29 is 4.74 Å². The molecule has 0 saturated heterocycles. The summed E-state index contributed by atoms with van der Waals surface area (Å²) in [4.78, 5) is 0. The van der Waals surface area contributed by atoms with E-state index in [1.165, 1.54) is 11.1 Å². The summed E-state index contributed by atoms with van der Waals surface area (Å²) in [6.07, 6.45) is 0. The topological polar surface area (TPSA) is 21.3 Å². The fraction of sp³-hybridized carbons (Fsp3) is 0.250. The van der Waals surface area contributed by atoms with Crippen LogP contribution in [-0.4, -0.2) is 6.61 Å². The number of hydrogen-bond donors (Lipinski definition) is 1. The Balaban J connectivity index is 2.01. The second-order valence-corrected chi connectivity index (χ2v) is 5.25. The van der Waals surface area contributed by atoms with Crippen LogP contribution in [0.25, 0.3) is 0 Å². The molecule has 0 aliphatic heterocycles. The Labute approximate surface area is 122 Å². The van der Waals surface area contributed by atoms with Gasteiger partial charge >= 0.3 is 0 Å². The lowest BCUT2D eigenvalue weighted by molar-refractivity contribution is 0.340. The molecular formula is C16H18BrNO. The largest absolute Gasteiger partial charge is 0.494 e. The number of aryl methyl sites for hydroxylation is 1. The smallest absolute Gasteiger partial charge is 0.119 e. The summed E-state index contributed by atoms with van der Waals surface area (Å²) >= 11 is 3.54. The molecule has 0 spiro atoms.